The van der Waals surface area contributed by atoms with E-state index in [4.69, 9.17) is 66.3 Å². The molecule has 41 nitrogen and oxygen atoms in total. The molecule has 0 saturated carbocycles. The topological polar surface area (TPSA) is 653 Å². The van der Waals surface area contributed by atoms with E-state index >= 15 is 0 Å². The molecular formula is C52H90N2O39. The van der Waals surface area contributed by atoms with Gasteiger partial charge in [0, 0.05) is 13.8 Å². The van der Waals surface area contributed by atoms with Gasteiger partial charge in [-0.1, -0.05) is 0 Å². The Morgan fingerprint density at radius 3 is 1.18 bits per heavy atom. The van der Waals surface area contributed by atoms with E-state index in [1.165, 1.54) is 13.8 Å². The molecule has 7 saturated heterocycles. The van der Waals surface area contributed by atoms with Gasteiger partial charge in [0.1, 0.15) is 183 Å². The van der Waals surface area contributed by atoms with Gasteiger partial charge in [-0.2, -0.15) is 0 Å². The van der Waals surface area contributed by atoms with Crippen molar-refractivity contribution in [3.8, 4) is 0 Å². The second-order valence-electron chi connectivity index (χ2n) is 23.6. The Hall–Kier alpha value is -2.54. The highest BCUT2D eigenvalue weighted by Crippen LogP contribution is 2.39. The van der Waals surface area contributed by atoms with E-state index in [1.54, 1.807) is 0 Å². The molecule has 7 rings (SSSR count). The minimum absolute atomic E-state index is 0.929. The van der Waals surface area contributed by atoms with Crippen molar-refractivity contribution in [2.75, 3.05) is 46.2 Å². The van der Waals surface area contributed by atoms with Crippen molar-refractivity contribution in [2.24, 2.45) is 0 Å². The van der Waals surface area contributed by atoms with Crippen LogP contribution in [-0.4, -0.2) is 415 Å². The molecule has 0 aromatic rings. The molecule has 0 aromatic carbocycles. The zero-order valence-electron chi connectivity index (χ0n) is 50.3. The highest BCUT2D eigenvalue weighted by Gasteiger charge is 2.60. The number of carbonyl (C=O) groups is 2. The molecule has 0 aromatic heterocycles. The molecule has 7 fully saturated rings. The molecule has 0 aliphatic carbocycles. The van der Waals surface area contributed by atoms with Crippen molar-refractivity contribution < 1.29 is 193 Å². The average Bonchev–Trinajstić information content (AvgIpc) is 0.775. The number of hydrogen-bond acceptors (Lipinski definition) is 39. The van der Waals surface area contributed by atoms with Crippen molar-refractivity contribution in [3.63, 3.8) is 0 Å². The zero-order valence-corrected chi connectivity index (χ0v) is 50.3. The van der Waals surface area contributed by atoms with E-state index in [2.05, 4.69) is 10.6 Å². The van der Waals surface area contributed by atoms with Gasteiger partial charge in [-0.3, -0.25) is 9.59 Å². The predicted octanol–water partition coefficient (Wildman–Crippen LogP) is -16.5. The third-order valence-electron chi connectivity index (χ3n) is 17.0. The Kier molecular flexibility index (Phi) is 28.5. The fourth-order valence-corrected chi connectivity index (χ4v) is 11.7. The summed E-state index contributed by atoms with van der Waals surface area (Å²) in [5.41, 5.74) is 0. The van der Waals surface area contributed by atoms with E-state index in [0.29, 0.717) is 0 Å². The number of aliphatic hydroxyl groups is 23. The van der Waals surface area contributed by atoms with Gasteiger partial charge >= 0.3 is 0 Å². The smallest absolute Gasteiger partial charge is 0.217 e. The molecule has 93 heavy (non-hydrogen) atoms. The summed E-state index contributed by atoms with van der Waals surface area (Å²) in [4.78, 5) is 26.2. The van der Waals surface area contributed by atoms with Crippen molar-refractivity contribution in [3.05, 3.63) is 0 Å². The Morgan fingerprint density at radius 2 is 0.710 bits per heavy atom. The Labute approximate surface area is 528 Å². The third kappa shape index (κ3) is 17.2. The van der Waals surface area contributed by atoms with Gasteiger partial charge in [0.25, 0.3) is 0 Å². The summed E-state index contributed by atoms with van der Waals surface area (Å²) in [6, 6.07) is -3.90. The SMILES string of the molecule is CC(=O)N[C@H]1[C@H](O[C@H]2[C@@H](O)[C@@H](CO)O[C@@H](O[C@@H]([C@H](O)[C@@H](O)CO)[C@H](O)CO)[C@@H]2O)O[C@H](CO)[C@@H](O[C@@H]2O[C@H](CO)[C@H](O)[C@H](O[C@@H]3O[C@H](CO)[C@@H](O[C@@H]4O[C@@H](C)[C@@H](O)[C@@H](O)[C@@H]4O)[C@H](O[C@@H]4O[C@H](CO)[C@H](O)[C@H](O)[C@H]4O[C@@H]4O[C@@H](C)[C@@H](O)[C@@H](O)[C@@H]4O)[C@H]3NC(C)=O)[C@H]2O)[C@@H]1O. The van der Waals surface area contributed by atoms with Gasteiger partial charge < -0.3 is 194 Å². The summed E-state index contributed by atoms with van der Waals surface area (Å²) in [5.74, 6) is -1.90. The number of ether oxygens (including phenoxy) is 14. The minimum Gasteiger partial charge on any atom is -0.394 e. The van der Waals surface area contributed by atoms with Crippen molar-refractivity contribution >= 4 is 11.8 Å². The van der Waals surface area contributed by atoms with Gasteiger partial charge in [0.05, 0.1) is 58.5 Å². The second kappa shape index (κ2) is 34.0. The lowest BCUT2D eigenvalue weighted by molar-refractivity contribution is -0.400. The molecule has 7 aliphatic rings. The highest BCUT2D eigenvalue weighted by molar-refractivity contribution is 5.73. The van der Waals surface area contributed by atoms with E-state index < -0.39 is 297 Å². The Bertz CT molecular complexity index is 2300. The molecule has 2 amide bonds. The normalized spacial score (nSPS) is 48.1. The fraction of sp³-hybridized carbons (Fsp3) is 0.962. The monoisotopic (exact) mass is 1370 g/mol. The molecule has 7 aliphatic heterocycles. The second-order valence-corrected chi connectivity index (χ2v) is 23.6. The molecule has 0 spiro atoms. The summed E-state index contributed by atoms with van der Waals surface area (Å²) in [6.07, 6.45) is -74.0. The van der Waals surface area contributed by atoms with Crippen LogP contribution in [0, 0.1) is 0 Å². The lowest BCUT2D eigenvalue weighted by Crippen LogP contribution is -2.72. The first kappa shape index (κ1) is 77.8. The van der Waals surface area contributed by atoms with Crippen LogP contribution in [0.15, 0.2) is 0 Å². The van der Waals surface area contributed by atoms with Crippen LogP contribution in [0.2, 0.25) is 0 Å². The van der Waals surface area contributed by atoms with Crippen molar-refractivity contribution in [1.29, 1.82) is 0 Å². The van der Waals surface area contributed by atoms with Crippen LogP contribution in [-0.2, 0) is 75.9 Å². The predicted molar refractivity (Wildman–Crippen MR) is 287 cm³/mol. The van der Waals surface area contributed by atoms with Crippen LogP contribution in [0.3, 0.4) is 0 Å². The standard InChI is InChI=1S/C52H90N2O39/c1-12-25(66)32(73)35(76)48(80-12)89-41-22(11-61)86-47(24(54-15(4)63)42(41)90-52-45(34(75)28(69)18(7-57)84-52)93-49-36(77)33(74)26(67)13(2)81-49)92-44-30(71)20(9-59)83-51(38(44)79)88-40-21(10-60)85-46(23(31(40)72)53-14(3)62)91-43-29(70)19(8-58)82-50(37(43)78)87-39(17(65)6-56)27(68)16(64)5-55/h12-13,16-52,55-61,64-79H,5-11H2,1-4H3,(H,53,62)(H,54,63)/t12-,13-,16-,17+,18+,19+,20+,21+,22+,23+,24+,25+,26+,27+,28-,29-,30-,31+,32+,33+,34-,35-,36-,37+,38+,39+,40+,41+,42+,43-,44-,45+,46-,47-,48-,49-,50-,51-,52-/m0/s1. The maximum Gasteiger partial charge on any atom is 0.217 e. The molecule has 41 heteroatoms. The molecule has 7 heterocycles. The lowest BCUT2D eigenvalue weighted by Gasteiger charge is -2.52. The van der Waals surface area contributed by atoms with Crippen LogP contribution in [0.4, 0.5) is 0 Å². The summed E-state index contributed by atoms with van der Waals surface area (Å²) in [5, 5.41) is 254. The van der Waals surface area contributed by atoms with Crippen LogP contribution < -0.4 is 10.6 Å². The number of hydrogen-bond donors (Lipinski definition) is 25. The number of rotatable bonds is 26. The van der Waals surface area contributed by atoms with E-state index in [1.807, 2.05) is 0 Å². The number of nitrogens with one attached hydrogen (secondary N) is 2. The third-order valence-corrected chi connectivity index (χ3v) is 17.0. The Balaban J connectivity index is 1.20. The summed E-state index contributed by atoms with van der Waals surface area (Å²) in [7, 11) is 0. The lowest BCUT2D eigenvalue weighted by atomic mass is 9.93. The van der Waals surface area contributed by atoms with E-state index in [-0.39, 0.29) is 0 Å². The molecule has 25 N–H and O–H groups in total. The van der Waals surface area contributed by atoms with Crippen LogP contribution in [0.1, 0.15) is 27.7 Å². The molecule has 0 radical (unpaired) electrons. The van der Waals surface area contributed by atoms with Gasteiger partial charge in [0.15, 0.2) is 44.0 Å². The summed E-state index contributed by atoms with van der Waals surface area (Å²) >= 11 is 0. The zero-order chi connectivity index (χ0) is 68.9. The van der Waals surface area contributed by atoms with Gasteiger partial charge in [-0.05, 0) is 13.8 Å². The summed E-state index contributed by atoms with van der Waals surface area (Å²) < 4.78 is 82.7. The molecular weight excluding hydrogens is 1280 g/mol. The molecule has 0 bridgehead atoms. The first-order chi connectivity index (χ1) is 43.9. The quantitative estimate of drug-likeness (QED) is 0.0382. The first-order valence-electron chi connectivity index (χ1n) is 29.8. The highest BCUT2D eigenvalue weighted by atomic mass is 16.8. The summed E-state index contributed by atoms with van der Waals surface area (Å²) in [6.45, 7) is -3.35. The molecule has 542 valence electrons. The molecule has 39 atom stereocenters. The van der Waals surface area contributed by atoms with E-state index in [0.717, 1.165) is 13.8 Å². The van der Waals surface area contributed by atoms with Gasteiger partial charge in [-0.25, -0.2) is 0 Å². The van der Waals surface area contributed by atoms with E-state index in [9.17, 15) is 127 Å². The molecule has 0 unspecified atom stereocenters. The van der Waals surface area contributed by atoms with Gasteiger partial charge in [0.2, 0.25) is 11.8 Å². The number of carbonyl (C=O) groups excluding carboxylic acids is 2. The number of amides is 2. The maximum absolute atomic E-state index is 13.4. The van der Waals surface area contributed by atoms with Crippen LogP contribution in [0.25, 0.3) is 0 Å². The Morgan fingerprint density at radius 1 is 0.344 bits per heavy atom. The van der Waals surface area contributed by atoms with Crippen LogP contribution >= 0.6 is 0 Å². The van der Waals surface area contributed by atoms with Crippen molar-refractivity contribution in [2.45, 2.75) is 267 Å². The number of aliphatic hydroxyl groups excluding tert-OH is 23. The maximum atomic E-state index is 13.4. The fourth-order valence-electron chi connectivity index (χ4n) is 11.7. The minimum atomic E-state index is -2.39. The van der Waals surface area contributed by atoms with Crippen molar-refractivity contribution in [1.82, 2.24) is 10.6 Å². The largest absolute Gasteiger partial charge is 0.394 e. The van der Waals surface area contributed by atoms with Crippen LogP contribution in [0.5, 0.6) is 0 Å². The first-order valence-corrected chi connectivity index (χ1v) is 29.8. The van der Waals surface area contributed by atoms with Gasteiger partial charge in [-0.15, -0.1) is 0 Å². The average molecular weight is 1370 g/mol.